The molecule has 17 heavy (non-hydrogen) atoms. The second-order valence-corrected chi connectivity index (χ2v) is 5.52. The molecule has 1 atom stereocenters. The average molecular weight is 237 g/mol. The van der Waals surface area contributed by atoms with E-state index in [2.05, 4.69) is 25.9 Å². The molecule has 1 aromatic heterocycles. The second-order valence-electron chi connectivity index (χ2n) is 5.52. The van der Waals surface area contributed by atoms with E-state index in [0.29, 0.717) is 5.92 Å². The van der Waals surface area contributed by atoms with Crippen LogP contribution in [0.25, 0.3) is 0 Å². The average Bonchev–Trinajstić information content (AvgIpc) is 2.71. The first-order chi connectivity index (χ1) is 7.95. The highest BCUT2D eigenvalue weighted by Gasteiger charge is 2.35. The lowest BCUT2D eigenvalue weighted by molar-refractivity contribution is 0.0684. The van der Waals surface area contributed by atoms with Crippen molar-refractivity contribution in [3.8, 4) is 0 Å². The number of aromatic nitrogens is 1. The normalized spacial score (nSPS) is 20.1. The third-order valence-electron chi connectivity index (χ3n) is 4.26. The summed E-state index contributed by atoms with van der Waals surface area (Å²) in [7, 11) is 0. The maximum absolute atomic E-state index is 11.0. The Morgan fingerprint density at radius 3 is 2.88 bits per heavy atom. The summed E-state index contributed by atoms with van der Waals surface area (Å²) in [6, 6.07) is 0. The fourth-order valence-electron chi connectivity index (χ4n) is 2.53. The van der Waals surface area contributed by atoms with E-state index in [4.69, 9.17) is 9.63 Å². The number of fused-ring (bicyclic) bond motifs is 1. The lowest BCUT2D eigenvalue weighted by atomic mass is 9.69. The van der Waals surface area contributed by atoms with Crippen molar-refractivity contribution in [3.05, 3.63) is 17.0 Å². The molecule has 1 aliphatic carbocycles. The molecule has 0 aromatic carbocycles. The number of carboxylic acid groups (broad SMARTS) is 1. The van der Waals surface area contributed by atoms with Crippen LogP contribution in [0.5, 0.6) is 0 Å². The molecule has 0 bridgehead atoms. The highest BCUT2D eigenvalue weighted by Crippen LogP contribution is 2.40. The molecular formula is C13H19NO3. The van der Waals surface area contributed by atoms with Crippen LogP contribution in [-0.4, -0.2) is 16.2 Å². The molecule has 1 aromatic rings. The minimum atomic E-state index is -0.982. The van der Waals surface area contributed by atoms with Crippen LogP contribution >= 0.6 is 0 Å². The van der Waals surface area contributed by atoms with Crippen molar-refractivity contribution in [2.45, 2.75) is 46.5 Å². The maximum atomic E-state index is 11.0. The Hall–Kier alpha value is -1.32. The van der Waals surface area contributed by atoms with Gasteiger partial charge in [-0.15, -0.1) is 0 Å². The predicted octanol–water partition coefficient (Wildman–Crippen LogP) is 2.91. The first kappa shape index (κ1) is 12.1. The molecule has 1 heterocycles. The van der Waals surface area contributed by atoms with E-state index >= 15 is 0 Å². The Morgan fingerprint density at radius 1 is 1.59 bits per heavy atom. The third kappa shape index (κ3) is 2.08. The van der Waals surface area contributed by atoms with Crippen molar-refractivity contribution >= 4 is 5.97 Å². The minimum Gasteiger partial charge on any atom is -0.476 e. The molecule has 0 amide bonds. The van der Waals surface area contributed by atoms with Gasteiger partial charge in [0.2, 0.25) is 0 Å². The highest BCUT2D eigenvalue weighted by atomic mass is 16.5. The van der Waals surface area contributed by atoms with Crippen LogP contribution < -0.4 is 0 Å². The van der Waals surface area contributed by atoms with Crippen molar-refractivity contribution < 1.29 is 14.4 Å². The molecule has 94 valence electrons. The number of aromatic carboxylic acids is 1. The fraction of sp³-hybridized carbons (Fsp3) is 0.692. The predicted molar refractivity (Wildman–Crippen MR) is 63.0 cm³/mol. The topological polar surface area (TPSA) is 63.3 Å². The summed E-state index contributed by atoms with van der Waals surface area (Å²) in [4.78, 5) is 11.0. The van der Waals surface area contributed by atoms with Crippen molar-refractivity contribution in [1.29, 1.82) is 0 Å². The van der Waals surface area contributed by atoms with Crippen LogP contribution in [-0.2, 0) is 12.8 Å². The lowest BCUT2D eigenvalue weighted by Gasteiger charge is -2.35. The van der Waals surface area contributed by atoms with E-state index in [1.807, 2.05) is 0 Å². The Labute approximate surface area is 101 Å². The van der Waals surface area contributed by atoms with Gasteiger partial charge in [-0.05, 0) is 24.2 Å². The van der Waals surface area contributed by atoms with Gasteiger partial charge in [-0.25, -0.2) is 4.79 Å². The molecular weight excluding hydrogens is 218 g/mol. The molecule has 0 radical (unpaired) electrons. The zero-order valence-corrected chi connectivity index (χ0v) is 10.6. The van der Waals surface area contributed by atoms with Crippen molar-refractivity contribution in [2.75, 3.05) is 0 Å². The monoisotopic (exact) mass is 237 g/mol. The van der Waals surface area contributed by atoms with E-state index in [0.717, 1.165) is 37.0 Å². The van der Waals surface area contributed by atoms with Crippen LogP contribution in [0.4, 0.5) is 0 Å². The number of carbonyl (C=O) groups is 1. The van der Waals surface area contributed by atoms with Crippen LogP contribution in [0.2, 0.25) is 0 Å². The molecule has 0 fully saturated rings. The summed E-state index contributed by atoms with van der Waals surface area (Å²) in [6.07, 6.45) is 3.74. The first-order valence-corrected chi connectivity index (χ1v) is 6.16. The van der Waals surface area contributed by atoms with Gasteiger partial charge in [0.05, 0.1) is 0 Å². The smallest absolute Gasteiger partial charge is 0.358 e. The maximum Gasteiger partial charge on any atom is 0.358 e. The second kappa shape index (κ2) is 4.17. The molecule has 0 saturated heterocycles. The van der Waals surface area contributed by atoms with Gasteiger partial charge in [0, 0.05) is 12.0 Å². The molecule has 2 rings (SSSR count). The van der Waals surface area contributed by atoms with E-state index < -0.39 is 5.97 Å². The minimum absolute atomic E-state index is 0.108. The lowest BCUT2D eigenvalue weighted by Crippen LogP contribution is -2.29. The standard InChI is InChI=1S/C13H19NO3/c1-4-13(2,3)8-5-6-10-9(7-8)11(12(15)16)14-17-10/h8H,4-7H2,1-3H3,(H,15,16)/t8-/m0/s1. The molecule has 0 unspecified atom stereocenters. The quantitative estimate of drug-likeness (QED) is 0.877. The van der Waals surface area contributed by atoms with E-state index in [1.165, 1.54) is 0 Å². The van der Waals surface area contributed by atoms with Gasteiger partial charge in [-0.1, -0.05) is 32.3 Å². The fourth-order valence-corrected chi connectivity index (χ4v) is 2.53. The highest BCUT2D eigenvalue weighted by molar-refractivity contribution is 5.87. The first-order valence-electron chi connectivity index (χ1n) is 6.16. The summed E-state index contributed by atoms with van der Waals surface area (Å²) in [5.74, 6) is 0.299. The Kier molecular flexibility index (Phi) is 2.98. The summed E-state index contributed by atoms with van der Waals surface area (Å²) < 4.78 is 5.11. The van der Waals surface area contributed by atoms with Gasteiger partial charge in [-0.3, -0.25) is 0 Å². The zero-order chi connectivity index (χ0) is 12.6. The zero-order valence-electron chi connectivity index (χ0n) is 10.6. The molecule has 4 heteroatoms. The van der Waals surface area contributed by atoms with Crippen LogP contribution in [0.3, 0.4) is 0 Å². The molecule has 0 aliphatic heterocycles. The van der Waals surface area contributed by atoms with E-state index in [-0.39, 0.29) is 11.1 Å². The van der Waals surface area contributed by atoms with Crippen LogP contribution in [0.1, 0.15) is 55.4 Å². The molecule has 1 aliphatic rings. The number of rotatable bonds is 3. The third-order valence-corrected chi connectivity index (χ3v) is 4.26. The summed E-state index contributed by atoms with van der Waals surface area (Å²) in [5, 5.41) is 12.7. The van der Waals surface area contributed by atoms with Gasteiger partial charge in [0.1, 0.15) is 5.76 Å². The Balaban J connectivity index is 2.28. The van der Waals surface area contributed by atoms with E-state index in [1.54, 1.807) is 0 Å². The van der Waals surface area contributed by atoms with Crippen molar-refractivity contribution in [1.82, 2.24) is 5.16 Å². The van der Waals surface area contributed by atoms with Crippen molar-refractivity contribution in [3.63, 3.8) is 0 Å². The van der Waals surface area contributed by atoms with Crippen molar-refractivity contribution in [2.24, 2.45) is 11.3 Å². The summed E-state index contributed by atoms with van der Waals surface area (Å²) >= 11 is 0. The van der Waals surface area contributed by atoms with Gasteiger partial charge >= 0.3 is 5.97 Å². The summed E-state index contributed by atoms with van der Waals surface area (Å²) in [6.45, 7) is 6.68. The number of aryl methyl sites for hydroxylation is 1. The molecule has 1 N–H and O–H groups in total. The Bertz CT molecular complexity index is 434. The molecule has 0 saturated carbocycles. The summed E-state index contributed by atoms with van der Waals surface area (Å²) in [5.41, 5.74) is 1.16. The molecule has 0 spiro atoms. The number of hydrogen-bond donors (Lipinski definition) is 1. The van der Waals surface area contributed by atoms with E-state index in [9.17, 15) is 4.79 Å². The van der Waals surface area contributed by atoms with Gasteiger partial charge in [0.15, 0.2) is 5.69 Å². The largest absolute Gasteiger partial charge is 0.476 e. The number of hydrogen-bond acceptors (Lipinski definition) is 3. The van der Waals surface area contributed by atoms with Gasteiger partial charge in [-0.2, -0.15) is 0 Å². The Morgan fingerprint density at radius 2 is 2.29 bits per heavy atom. The number of carboxylic acids is 1. The van der Waals surface area contributed by atoms with Crippen LogP contribution in [0.15, 0.2) is 4.52 Å². The van der Waals surface area contributed by atoms with Gasteiger partial charge < -0.3 is 9.63 Å². The molecule has 4 nitrogen and oxygen atoms in total. The number of nitrogens with zero attached hydrogens (tertiary/aromatic N) is 1. The van der Waals surface area contributed by atoms with Gasteiger partial charge in [0.25, 0.3) is 0 Å². The van der Waals surface area contributed by atoms with Crippen LogP contribution in [0, 0.1) is 11.3 Å². The SMILES string of the molecule is CCC(C)(C)[C@H]1CCc2onc(C(=O)O)c2C1.